The van der Waals surface area contributed by atoms with Crippen molar-refractivity contribution in [3.05, 3.63) is 59.9 Å². The topological polar surface area (TPSA) is 72.2 Å². The van der Waals surface area contributed by atoms with Crippen molar-refractivity contribution in [1.29, 1.82) is 0 Å². The van der Waals surface area contributed by atoms with E-state index in [2.05, 4.69) is 20.4 Å². The summed E-state index contributed by atoms with van der Waals surface area (Å²) < 4.78 is 1.69. The molecule has 0 atom stereocenters. The number of aryl methyl sites for hydroxylation is 2. The summed E-state index contributed by atoms with van der Waals surface area (Å²) in [5.74, 6) is 0.698. The monoisotopic (exact) mass is 363 g/mol. The van der Waals surface area contributed by atoms with E-state index in [0.717, 1.165) is 27.8 Å². The molecular weight excluding hydrogens is 346 g/mol. The van der Waals surface area contributed by atoms with Crippen LogP contribution in [0.25, 0.3) is 16.6 Å². The van der Waals surface area contributed by atoms with E-state index in [-0.39, 0.29) is 11.7 Å². The molecule has 2 aromatic carbocycles. The van der Waals surface area contributed by atoms with Gasteiger partial charge in [0.2, 0.25) is 11.1 Å². The molecule has 0 aliphatic carbocycles. The van der Waals surface area contributed by atoms with Crippen molar-refractivity contribution in [2.45, 2.75) is 19.0 Å². The summed E-state index contributed by atoms with van der Waals surface area (Å²) in [6.07, 6.45) is 0. The maximum atomic E-state index is 12.4. The van der Waals surface area contributed by atoms with Gasteiger partial charge < -0.3 is 5.32 Å². The van der Waals surface area contributed by atoms with Crippen molar-refractivity contribution in [2.75, 3.05) is 11.1 Å². The SMILES string of the molecule is Cc1cc(C)n2nc(SCC(=O)Nc3cccc4ccccc34)nc2n1. The largest absolute Gasteiger partial charge is 0.325 e. The third-order valence-corrected chi connectivity index (χ3v) is 4.83. The number of aromatic nitrogens is 4. The predicted octanol–water partition coefficient (Wildman–Crippen LogP) is 3.63. The molecule has 0 bridgehead atoms. The van der Waals surface area contributed by atoms with E-state index in [4.69, 9.17) is 0 Å². The molecule has 7 heteroatoms. The van der Waals surface area contributed by atoms with Gasteiger partial charge in [0, 0.05) is 22.5 Å². The summed E-state index contributed by atoms with van der Waals surface area (Å²) in [5.41, 5.74) is 2.67. The smallest absolute Gasteiger partial charge is 0.253 e. The zero-order chi connectivity index (χ0) is 18.1. The third kappa shape index (κ3) is 3.25. The Kier molecular flexibility index (Phi) is 4.30. The molecule has 0 aliphatic rings. The fourth-order valence-corrected chi connectivity index (χ4v) is 3.48. The Labute approximate surface area is 154 Å². The highest BCUT2D eigenvalue weighted by molar-refractivity contribution is 7.99. The molecule has 130 valence electrons. The number of rotatable bonds is 4. The average Bonchev–Trinajstić information content (AvgIpc) is 3.04. The number of nitrogens with zero attached hydrogens (tertiary/aromatic N) is 4. The Morgan fingerprint density at radius 1 is 1.12 bits per heavy atom. The van der Waals surface area contributed by atoms with E-state index in [9.17, 15) is 4.79 Å². The molecule has 0 unspecified atom stereocenters. The number of carbonyl (C=O) groups excluding carboxylic acids is 1. The first-order valence-corrected chi connectivity index (χ1v) is 9.20. The molecule has 1 amide bonds. The molecule has 4 rings (SSSR count). The fourth-order valence-electron chi connectivity index (χ4n) is 2.86. The van der Waals surface area contributed by atoms with Crippen LogP contribution in [-0.2, 0) is 4.79 Å². The molecule has 0 saturated carbocycles. The summed E-state index contributed by atoms with van der Waals surface area (Å²) in [7, 11) is 0. The number of benzene rings is 2. The van der Waals surface area contributed by atoms with Gasteiger partial charge in [-0.15, -0.1) is 5.10 Å². The van der Waals surface area contributed by atoms with Crippen molar-refractivity contribution in [1.82, 2.24) is 19.6 Å². The lowest BCUT2D eigenvalue weighted by Crippen LogP contribution is -2.14. The highest BCUT2D eigenvalue weighted by atomic mass is 32.2. The third-order valence-electron chi connectivity index (χ3n) is 3.99. The van der Waals surface area contributed by atoms with Gasteiger partial charge in [0.05, 0.1) is 5.75 Å². The lowest BCUT2D eigenvalue weighted by Gasteiger charge is -2.07. The van der Waals surface area contributed by atoms with Crippen LogP contribution in [-0.4, -0.2) is 31.2 Å². The highest BCUT2D eigenvalue weighted by Gasteiger charge is 2.11. The molecule has 26 heavy (non-hydrogen) atoms. The molecule has 2 heterocycles. The Morgan fingerprint density at radius 3 is 2.81 bits per heavy atom. The van der Waals surface area contributed by atoms with Gasteiger partial charge in [-0.25, -0.2) is 9.50 Å². The zero-order valence-electron chi connectivity index (χ0n) is 14.4. The molecule has 0 radical (unpaired) electrons. The summed E-state index contributed by atoms with van der Waals surface area (Å²) >= 11 is 1.30. The second-order valence-electron chi connectivity index (χ2n) is 6.01. The zero-order valence-corrected chi connectivity index (χ0v) is 15.2. The lowest BCUT2D eigenvalue weighted by atomic mass is 10.1. The van der Waals surface area contributed by atoms with Gasteiger partial charge >= 0.3 is 0 Å². The first kappa shape index (κ1) is 16.5. The van der Waals surface area contributed by atoms with Crippen molar-refractivity contribution in [3.63, 3.8) is 0 Å². The lowest BCUT2D eigenvalue weighted by molar-refractivity contribution is -0.113. The van der Waals surface area contributed by atoms with E-state index in [1.807, 2.05) is 62.4 Å². The molecule has 0 spiro atoms. The number of hydrogen-bond acceptors (Lipinski definition) is 5. The van der Waals surface area contributed by atoms with E-state index in [1.165, 1.54) is 11.8 Å². The maximum Gasteiger partial charge on any atom is 0.253 e. The van der Waals surface area contributed by atoms with Gasteiger partial charge in [0.25, 0.3) is 5.78 Å². The predicted molar refractivity (Wildman–Crippen MR) is 104 cm³/mol. The van der Waals surface area contributed by atoms with Crippen LogP contribution in [0.3, 0.4) is 0 Å². The van der Waals surface area contributed by atoms with E-state index in [1.54, 1.807) is 4.52 Å². The second-order valence-corrected chi connectivity index (χ2v) is 6.95. The van der Waals surface area contributed by atoms with Crippen LogP contribution >= 0.6 is 11.8 Å². The molecule has 0 fully saturated rings. The van der Waals surface area contributed by atoms with E-state index >= 15 is 0 Å². The van der Waals surface area contributed by atoms with Crippen LogP contribution in [0.2, 0.25) is 0 Å². The van der Waals surface area contributed by atoms with Crippen LogP contribution in [0.15, 0.2) is 53.7 Å². The molecule has 4 aromatic rings. The maximum absolute atomic E-state index is 12.4. The first-order chi connectivity index (χ1) is 12.6. The molecule has 2 aromatic heterocycles. The Bertz CT molecular complexity index is 1120. The van der Waals surface area contributed by atoms with Crippen LogP contribution < -0.4 is 5.32 Å². The van der Waals surface area contributed by atoms with Crippen molar-refractivity contribution < 1.29 is 4.79 Å². The van der Waals surface area contributed by atoms with Gasteiger partial charge in [-0.3, -0.25) is 4.79 Å². The highest BCUT2D eigenvalue weighted by Crippen LogP contribution is 2.23. The molecule has 1 N–H and O–H groups in total. The van der Waals surface area contributed by atoms with Gasteiger partial charge in [0.15, 0.2) is 0 Å². The standard InChI is InChI=1S/C19H17N5OS/c1-12-10-13(2)24-18(20-12)22-19(23-24)26-11-17(25)21-16-9-5-7-14-6-3-4-8-15(14)16/h3-10H,11H2,1-2H3,(H,21,25). The molecular formula is C19H17N5OS. The van der Waals surface area contributed by atoms with Crippen molar-refractivity contribution in [2.24, 2.45) is 0 Å². The minimum absolute atomic E-state index is 0.0916. The summed E-state index contributed by atoms with van der Waals surface area (Å²) in [6.45, 7) is 3.88. The minimum atomic E-state index is -0.0916. The van der Waals surface area contributed by atoms with Gasteiger partial charge in [-0.1, -0.05) is 48.2 Å². The van der Waals surface area contributed by atoms with Crippen molar-refractivity contribution >= 4 is 39.9 Å². The fraction of sp³-hybridized carbons (Fsp3) is 0.158. The van der Waals surface area contributed by atoms with Crippen molar-refractivity contribution in [3.8, 4) is 0 Å². The normalized spacial score (nSPS) is 11.2. The number of anilines is 1. The Hall–Kier alpha value is -2.93. The van der Waals surface area contributed by atoms with E-state index in [0.29, 0.717) is 10.9 Å². The summed E-state index contributed by atoms with van der Waals surface area (Å²) in [5, 5.41) is 10.0. The van der Waals surface area contributed by atoms with Gasteiger partial charge in [0.1, 0.15) is 0 Å². The Balaban J connectivity index is 1.48. The molecule has 6 nitrogen and oxygen atoms in total. The molecule has 0 aliphatic heterocycles. The van der Waals surface area contributed by atoms with Gasteiger partial charge in [-0.2, -0.15) is 4.98 Å². The van der Waals surface area contributed by atoms with Gasteiger partial charge in [-0.05, 0) is 31.4 Å². The van der Waals surface area contributed by atoms with Crippen LogP contribution in [0, 0.1) is 13.8 Å². The number of carbonyl (C=O) groups is 1. The second kappa shape index (κ2) is 6.76. The number of hydrogen-bond donors (Lipinski definition) is 1. The minimum Gasteiger partial charge on any atom is -0.325 e. The summed E-state index contributed by atoms with van der Waals surface area (Å²) in [4.78, 5) is 21.1. The quantitative estimate of drug-likeness (QED) is 0.561. The summed E-state index contributed by atoms with van der Waals surface area (Å²) in [6, 6.07) is 15.8. The number of nitrogens with one attached hydrogen (secondary N) is 1. The average molecular weight is 363 g/mol. The first-order valence-electron chi connectivity index (χ1n) is 8.21. The number of fused-ring (bicyclic) bond motifs is 2. The van der Waals surface area contributed by atoms with Crippen LogP contribution in [0.4, 0.5) is 5.69 Å². The van der Waals surface area contributed by atoms with Crippen LogP contribution in [0.5, 0.6) is 0 Å². The van der Waals surface area contributed by atoms with Crippen LogP contribution in [0.1, 0.15) is 11.4 Å². The Morgan fingerprint density at radius 2 is 1.92 bits per heavy atom. The number of thioether (sulfide) groups is 1. The molecule has 0 saturated heterocycles. The number of amides is 1. The van der Waals surface area contributed by atoms with E-state index < -0.39 is 0 Å².